The number of fused-ring (bicyclic) bond motifs is 2. The van der Waals surface area contributed by atoms with E-state index in [1.807, 2.05) is 18.2 Å². The van der Waals surface area contributed by atoms with Crippen molar-refractivity contribution in [3.8, 4) is 5.75 Å². The summed E-state index contributed by atoms with van der Waals surface area (Å²) in [6.07, 6.45) is 2.92. The smallest absolute Gasteiger partial charge is 0.237 e. The molecule has 0 bridgehead atoms. The van der Waals surface area contributed by atoms with E-state index in [-0.39, 0.29) is 18.2 Å². The van der Waals surface area contributed by atoms with Crippen LogP contribution in [0.15, 0.2) is 18.2 Å². The lowest BCUT2D eigenvalue weighted by molar-refractivity contribution is -0.126. The largest absolute Gasteiger partial charge is 0.497 e. The van der Waals surface area contributed by atoms with E-state index in [4.69, 9.17) is 4.74 Å². The molecule has 1 aromatic rings. The molecule has 1 aliphatic carbocycles. The number of benzene rings is 1. The molecule has 1 saturated heterocycles. The van der Waals surface area contributed by atoms with Crippen molar-refractivity contribution in [3.63, 3.8) is 0 Å². The number of nitrogens with one attached hydrogen (secondary N) is 1. The first-order valence-electron chi connectivity index (χ1n) is 6.17. The van der Waals surface area contributed by atoms with Crippen LogP contribution in [0.4, 0.5) is 0 Å². The van der Waals surface area contributed by atoms with E-state index in [1.54, 1.807) is 7.11 Å². The molecule has 1 aliphatic heterocycles. The van der Waals surface area contributed by atoms with Crippen LogP contribution in [0.3, 0.4) is 0 Å². The molecular formula is C14H15NO3. The van der Waals surface area contributed by atoms with Crippen molar-refractivity contribution in [3.05, 3.63) is 29.3 Å². The summed E-state index contributed by atoms with van der Waals surface area (Å²) in [6, 6.07) is 5.82. The maximum absolute atomic E-state index is 12.2. The number of carbonyl (C=O) groups excluding carboxylic acids is 2. The van der Waals surface area contributed by atoms with Crippen LogP contribution in [-0.2, 0) is 21.4 Å². The molecule has 0 saturated carbocycles. The minimum absolute atomic E-state index is 0.151. The summed E-state index contributed by atoms with van der Waals surface area (Å²) in [5, 5.41) is 2.44. The van der Waals surface area contributed by atoms with Crippen molar-refractivity contribution >= 4 is 11.8 Å². The average Bonchev–Trinajstić information content (AvgIpc) is 2.65. The first-order chi connectivity index (χ1) is 8.65. The van der Waals surface area contributed by atoms with Crippen LogP contribution in [0.5, 0.6) is 5.75 Å². The van der Waals surface area contributed by atoms with Gasteiger partial charge in [-0.2, -0.15) is 0 Å². The SMILES string of the molecule is COc1ccc2c(c1)C1(CCC2)CC(=O)NC1=O. The Morgan fingerprint density at radius 2 is 2.17 bits per heavy atom. The number of hydrogen-bond acceptors (Lipinski definition) is 3. The topological polar surface area (TPSA) is 55.4 Å². The molecule has 2 amide bonds. The van der Waals surface area contributed by atoms with Crippen molar-refractivity contribution in [2.24, 2.45) is 0 Å². The van der Waals surface area contributed by atoms with Gasteiger partial charge >= 0.3 is 0 Å². The molecule has 4 heteroatoms. The van der Waals surface area contributed by atoms with Crippen LogP contribution in [0, 0.1) is 0 Å². The second kappa shape index (κ2) is 3.83. The summed E-state index contributed by atoms with van der Waals surface area (Å²) in [5.41, 5.74) is 1.47. The van der Waals surface area contributed by atoms with Gasteiger partial charge in [0.15, 0.2) is 0 Å². The lowest BCUT2D eigenvalue weighted by atomic mass is 9.69. The lowest BCUT2D eigenvalue weighted by Crippen LogP contribution is -2.38. The van der Waals surface area contributed by atoms with E-state index in [0.717, 1.165) is 36.1 Å². The molecule has 1 aromatic carbocycles. The van der Waals surface area contributed by atoms with Crippen molar-refractivity contribution in [1.29, 1.82) is 0 Å². The Hall–Kier alpha value is -1.84. The number of amides is 2. The Morgan fingerprint density at radius 3 is 2.83 bits per heavy atom. The van der Waals surface area contributed by atoms with Crippen LogP contribution in [0.25, 0.3) is 0 Å². The maximum atomic E-state index is 12.2. The number of carbonyl (C=O) groups is 2. The molecule has 3 rings (SSSR count). The van der Waals surface area contributed by atoms with Gasteiger partial charge in [0.05, 0.1) is 12.5 Å². The van der Waals surface area contributed by atoms with Crippen LogP contribution >= 0.6 is 0 Å². The predicted molar refractivity (Wildman–Crippen MR) is 65.4 cm³/mol. The van der Waals surface area contributed by atoms with Crippen molar-refractivity contribution in [1.82, 2.24) is 5.32 Å². The monoisotopic (exact) mass is 245 g/mol. The Kier molecular flexibility index (Phi) is 2.40. The summed E-state index contributed by atoms with van der Waals surface area (Å²) in [6.45, 7) is 0. The zero-order valence-corrected chi connectivity index (χ0v) is 10.3. The third kappa shape index (κ3) is 1.45. The zero-order chi connectivity index (χ0) is 12.8. The molecule has 0 aromatic heterocycles. The van der Waals surface area contributed by atoms with E-state index in [2.05, 4.69) is 5.32 Å². The highest BCUT2D eigenvalue weighted by Gasteiger charge is 2.50. The quantitative estimate of drug-likeness (QED) is 0.759. The normalized spacial score (nSPS) is 26.1. The number of hydrogen-bond donors (Lipinski definition) is 1. The molecule has 1 heterocycles. The standard InChI is InChI=1S/C14H15NO3/c1-18-10-5-4-9-3-2-6-14(11(9)7-10)8-12(16)15-13(14)17/h4-5,7H,2-3,6,8H2,1H3,(H,15,16,17). The highest BCUT2D eigenvalue weighted by atomic mass is 16.5. The van der Waals surface area contributed by atoms with Crippen molar-refractivity contribution in [2.45, 2.75) is 31.1 Å². The molecule has 1 N–H and O–H groups in total. The van der Waals surface area contributed by atoms with Crippen molar-refractivity contribution in [2.75, 3.05) is 7.11 Å². The number of imide groups is 1. The maximum Gasteiger partial charge on any atom is 0.237 e. The average molecular weight is 245 g/mol. The first-order valence-corrected chi connectivity index (χ1v) is 6.17. The third-order valence-electron chi connectivity index (χ3n) is 4.03. The van der Waals surface area contributed by atoms with Crippen LogP contribution < -0.4 is 10.1 Å². The van der Waals surface area contributed by atoms with E-state index in [1.165, 1.54) is 0 Å². The second-order valence-electron chi connectivity index (χ2n) is 5.01. The molecule has 1 unspecified atom stereocenters. The molecule has 18 heavy (non-hydrogen) atoms. The van der Waals surface area contributed by atoms with Gasteiger partial charge in [-0.25, -0.2) is 0 Å². The lowest BCUT2D eigenvalue weighted by Gasteiger charge is -2.32. The van der Waals surface area contributed by atoms with Crippen LogP contribution in [-0.4, -0.2) is 18.9 Å². The van der Waals surface area contributed by atoms with E-state index in [0.29, 0.717) is 0 Å². The van der Waals surface area contributed by atoms with Gasteiger partial charge < -0.3 is 4.74 Å². The summed E-state index contributed by atoms with van der Waals surface area (Å²) in [7, 11) is 1.61. The zero-order valence-electron chi connectivity index (χ0n) is 10.3. The second-order valence-corrected chi connectivity index (χ2v) is 5.01. The number of aryl methyl sites for hydroxylation is 1. The first kappa shape index (κ1) is 11.3. The fourth-order valence-electron chi connectivity index (χ4n) is 3.13. The molecule has 94 valence electrons. The molecule has 1 fully saturated rings. The Morgan fingerprint density at radius 1 is 1.33 bits per heavy atom. The highest BCUT2D eigenvalue weighted by molar-refractivity contribution is 6.09. The number of rotatable bonds is 1. The minimum Gasteiger partial charge on any atom is -0.497 e. The molecule has 1 spiro atoms. The number of ether oxygens (including phenoxy) is 1. The molecule has 0 radical (unpaired) electrons. The summed E-state index contributed by atoms with van der Waals surface area (Å²) >= 11 is 0. The third-order valence-corrected chi connectivity index (χ3v) is 4.03. The van der Waals surface area contributed by atoms with E-state index < -0.39 is 5.41 Å². The van der Waals surface area contributed by atoms with E-state index in [9.17, 15) is 9.59 Å². The van der Waals surface area contributed by atoms with Gasteiger partial charge in [-0.15, -0.1) is 0 Å². The Balaban J connectivity index is 2.16. The fraction of sp³-hybridized carbons (Fsp3) is 0.429. The predicted octanol–water partition coefficient (Wildman–Crippen LogP) is 1.32. The highest BCUT2D eigenvalue weighted by Crippen LogP contribution is 2.43. The van der Waals surface area contributed by atoms with Crippen LogP contribution in [0.1, 0.15) is 30.4 Å². The molecule has 4 nitrogen and oxygen atoms in total. The minimum atomic E-state index is -0.654. The van der Waals surface area contributed by atoms with Gasteiger partial charge in [0.1, 0.15) is 5.75 Å². The number of methoxy groups -OCH3 is 1. The summed E-state index contributed by atoms with van der Waals surface area (Å²) in [5.74, 6) is 0.416. The van der Waals surface area contributed by atoms with Gasteiger partial charge in [-0.3, -0.25) is 14.9 Å². The van der Waals surface area contributed by atoms with Gasteiger partial charge in [0.2, 0.25) is 11.8 Å². The van der Waals surface area contributed by atoms with Gasteiger partial charge in [-0.1, -0.05) is 6.07 Å². The van der Waals surface area contributed by atoms with Gasteiger partial charge in [0.25, 0.3) is 0 Å². The fourth-order valence-corrected chi connectivity index (χ4v) is 3.13. The van der Waals surface area contributed by atoms with Crippen LogP contribution in [0.2, 0.25) is 0 Å². The molecular weight excluding hydrogens is 230 g/mol. The van der Waals surface area contributed by atoms with Crippen molar-refractivity contribution < 1.29 is 14.3 Å². The Labute approximate surface area is 105 Å². The molecule has 1 atom stereocenters. The van der Waals surface area contributed by atoms with Gasteiger partial charge in [-0.05, 0) is 42.5 Å². The summed E-state index contributed by atoms with van der Waals surface area (Å²) < 4.78 is 5.23. The summed E-state index contributed by atoms with van der Waals surface area (Å²) in [4.78, 5) is 23.7. The van der Waals surface area contributed by atoms with E-state index >= 15 is 0 Å². The Bertz CT molecular complexity index is 538. The van der Waals surface area contributed by atoms with Gasteiger partial charge in [0, 0.05) is 6.42 Å². The molecule has 2 aliphatic rings.